The summed E-state index contributed by atoms with van der Waals surface area (Å²) in [6.45, 7) is 20.6. The number of nitrogens with one attached hydrogen (secondary N) is 3. The zero-order chi connectivity index (χ0) is 24.5. The monoisotopic (exact) mass is 460 g/mol. The molecule has 178 valence electrons. The Balaban J connectivity index is 1.60. The van der Waals surface area contributed by atoms with Gasteiger partial charge in [-0.15, -0.1) is 5.10 Å². The number of anilines is 3. The Morgan fingerprint density at radius 1 is 1.18 bits per heavy atom. The zero-order valence-electron chi connectivity index (χ0n) is 20.6. The van der Waals surface area contributed by atoms with Crippen LogP contribution in [0.3, 0.4) is 0 Å². The second kappa shape index (κ2) is 8.99. The molecule has 0 spiro atoms. The number of hydrogen-bond acceptors (Lipinski definition) is 8. The highest BCUT2D eigenvalue weighted by molar-refractivity contribution is 5.68. The first-order valence-corrected chi connectivity index (χ1v) is 11.5. The van der Waals surface area contributed by atoms with E-state index in [0.717, 1.165) is 29.8 Å². The first-order chi connectivity index (χ1) is 16.0. The Hall–Kier alpha value is -3.58. The van der Waals surface area contributed by atoms with Crippen molar-refractivity contribution in [2.24, 2.45) is 0 Å². The fraction of sp³-hybridized carbons (Fsp3) is 0.500. The summed E-state index contributed by atoms with van der Waals surface area (Å²) in [6, 6.07) is 6.20. The number of hydrogen-bond donors (Lipinski definition) is 3. The molecule has 1 aliphatic heterocycles. The molecule has 0 atom stereocenters. The number of rotatable bonds is 6. The average Bonchev–Trinajstić information content (AvgIpc) is 3.26. The fourth-order valence-corrected chi connectivity index (χ4v) is 4.95. The second-order valence-corrected chi connectivity index (χ2v) is 10.5. The predicted molar refractivity (Wildman–Crippen MR) is 133 cm³/mol. The normalized spacial score (nSPS) is 17.4. The van der Waals surface area contributed by atoms with Gasteiger partial charge in [0.05, 0.1) is 12.3 Å². The Labute approximate surface area is 200 Å². The van der Waals surface area contributed by atoms with E-state index in [0.29, 0.717) is 23.4 Å². The maximum Gasteiger partial charge on any atom is 0.246 e. The molecule has 0 amide bonds. The lowest BCUT2D eigenvalue weighted by molar-refractivity contribution is 0.170. The molecule has 3 heterocycles. The van der Waals surface area contributed by atoms with Gasteiger partial charge in [-0.25, -0.2) is 19.5 Å². The van der Waals surface area contributed by atoms with Crippen molar-refractivity contribution in [3.8, 4) is 5.69 Å². The van der Waals surface area contributed by atoms with Crippen molar-refractivity contribution < 1.29 is 0 Å². The summed E-state index contributed by atoms with van der Waals surface area (Å²) in [6.07, 6.45) is 4.99. The highest BCUT2D eigenvalue weighted by Gasteiger charge is 2.38. The lowest BCUT2D eigenvalue weighted by Gasteiger charge is -2.46. The van der Waals surface area contributed by atoms with E-state index in [-0.39, 0.29) is 17.1 Å². The molecule has 0 bridgehead atoms. The topological polar surface area (TPSA) is 110 Å². The predicted octanol–water partition coefficient (Wildman–Crippen LogP) is 4.59. The van der Waals surface area contributed by atoms with Gasteiger partial charge in [-0.2, -0.15) is 0 Å². The van der Waals surface area contributed by atoms with Gasteiger partial charge in [0.2, 0.25) is 11.6 Å². The Morgan fingerprint density at radius 2 is 1.91 bits per heavy atom. The fourth-order valence-electron chi connectivity index (χ4n) is 4.95. The van der Waals surface area contributed by atoms with Crippen molar-refractivity contribution in [2.45, 2.75) is 77.4 Å². The zero-order valence-corrected chi connectivity index (χ0v) is 20.6. The van der Waals surface area contributed by atoms with Crippen molar-refractivity contribution >= 4 is 23.1 Å². The summed E-state index contributed by atoms with van der Waals surface area (Å²) in [4.78, 5) is 12.7. The minimum atomic E-state index is -0.0173. The van der Waals surface area contributed by atoms with E-state index in [2.05, 4.69) is 93.9 Å². The number of piperidine rings is 1. The molecule has 4 rings (SSSR count). The van der Waals surface area contributed by atoms with Crippen LogP contribution in [-0.2, 0) is 0 Å². The molecule has 0 aliphatic carbocycles. The third-order valence-electron chi connectivity index (χ3n) is 5.93. The van der Waals surface area contributed by atoms with Crippen molar-refractivity contribution in [1.82, 2.24) is 35.5 Å². The molecular weight excluding hydrogens is 428 g/mol. The lowest BCUT2D eigenvalue weighted by atomic mass is 9.79. The van der Waals surface area contributed by atoms with Gasteiger partial charge < -0.3 is 16.0 Å². The third kappa shape index (κ3) is 5.31. The summed E-state index contributed by atoms with van der Waals surface area (Å²) < 4.78 is 1.65. The Morgan fingerprint density at radius 3 is 2.53 bits per heavy atom. The SMILES string of the molecule is [C-]#[N+]c1cnc(Nc2ccc(C(C)C)c(-n3cnnn3)c2)nc1NC1CC(C)(C)NC(C)(C)C1. The van der Waals surface area contributed by atoms with Gasteiger partial charge >= 0.3 is 0 Å². The number of nitrogens with zero attached hydrogens (tertiary/aromatic N) is 7. The maximum atomic E-state index is 7.57. The molecule has 10 heteroatoms. The van der Waals surface area contributed by atoms with Crippen LogP contribution in [0.15, 0.2) is 30.7 Å². The third-order valence-corrected chi connectivity index (χ3v) is 5.93. The molecule has 1 aliphatic rings. The maximum absolute atomic E-state index is 7.57. The van der Waals surface area contributed by atoms with Crippen LogP contribution in [0.4, 0.5) is 23.1 Å². The van der Waals surface area contributed by atoms with Crippen LogP contribution in [0.5, 0.6) is 0 Å². The molecular formula is C24H32N10. The second-order valence-electron chi connectivity index (χ2n) is 10.5. The lowest BCUT2D eigenvalue weighted by Crippen LogP contribution is -2.60. The van der Waals surface area contributed by atoms with Crippen molar-refractivity contribution in [1.29, 1.82) is 0 Å². The van der Waals surface area contributed by atoms with E-state index in [4.69, 9.17) is 6.57 Å². The summed E-state index contributed by atoms with van der Waals surface area (Å²) in [7, 11) is 0. The molecule has 2 aromatic heterocycles. The minimum Gasteiger partial charge on any atom is -0.376 e. The largest absolute Gasteiger partial charge is 0.376 e. The summed E-state index contributed by atoms with van der Waals surface area (Å²) in [5, 5.41) is 22.1. The van der Waals surface area contributed by atoms with Crippen molar-refractivity contribution in [3.05, 3.63) is 47.7 Å². The van der Waals surface area contributed by atoms with Gasteiger partial charge in [0.25, 0.3) is 0 Å². The number of benzene rings is 1. The molecule has 1 fully saturated rings. The quantitative estimate of drug-likeness (QED) is 0.458. The van der Waals surface area contributed by atoms with Crippen LogP contribution in [0.25, 0.3) is 10.5 Å². The van der Waals surface area contributed by atoms with E-state index < -0.39 is 0 Å². The number of tetrazole rings is 1. The molecule has 3 aromatic rings. The first-order valence-electron chi connectivity index (χ1n) is 11.5. The highest BCUT2D eigenvalue weighted by atomic mass is 15.5. The van der Waals surface area contributed by atoms with Crippen LogP contribution in [0.2, 0.25) is 0 Å². The van der Waals surface area contributed by atoms with Crippen LogP contribution >= 0.6 is 0 Å². The van der Waals surface area contributed by atoms with Gasteiger partial charge in [0.15, 0.2) is 0 Å². The molecule has 0 saturated carbocycles. The van der Waals surface area contributed by atoms with Crippen molar-refractivity contribution in [3.63, 3.8) is 0 Å². The smallest absolute Gasteiger partial charge is 0.246 e. The Bertz CT molecular complexity index is 1170. The first kappa shape index (κ1) is 23.6. The van der Waals surface area contributed by atoms with Crippen LogP contribution in [0, 0.1) is 6.57 Å². The van der Waals surface area contributed by atoms with Gasteiger partial charge in [-0.3, -0.25) is 0 Å². The van der Waals surface area contributed by atoms with Crippen molar-refractivity contribution in [2.75, 3.05) is 10.6 Å². The van der Waals surface area contributed by atoms with E-state index in [1.165, 1.54) is 0 Å². The summed E-state index contributed by atoms with van der Waals surface area (Å²) >= 11 is 0. The Kier molecular flexibility index (Phi) is 6.23. The van der Waals surface area contributed by atoms with E-state index >= 15 is 0 Å². The summed E-state index contributed by atoms with van der Waals surface area (Å²) in [5.41, 5.74) is 3.19. The molecule has 0 unspecified atom stereocenters. The molecule has 10 nitrogen and oxygen atoms in total. The highest BCUT2D eigenvalue weighted by Crippen LogP contribution is 2.33. The van der Waals surface area contributed by atoms with Gasteiger partial charge in [0.1, 0.15) is 12.1 Å². The minimum absolute atomic E-state index is 0.0173. The average molecular weight is 461 g/mol. The molecule has 1 aromatic carbocycles. The van der Waals surface area contributed by atoms with Crippen LogP contribution in [0.1, 0.15) is 65.9 Å². The summed E-state index contributed by atoms with van der Waals surface area (Å²) in [5.74, 6) is 1.27. The molecule has 0 radical (unpaired) electrons. The van der Waals surface area contributed by atoms with E-state index in [1.807, 2.05) is 12.1 Å². The molecule has 3 N–H and O–H groups in total. The van der Waals surface area contributed by atoms with Gasteiger partial charge in [-0.1, -0.05) is 19.9 Å². The number of aromatic nitrogens is 6. The molecule has 1 saturated heterocycles. The molecule has 34 heavy (non-hydrogen) atoms. The van der Waals surface area contributed by atoms with E-state index in [9.17, 15) is 0 Å². The van der Waals surface area contributed by atoms with E-state index in [1.54, 1.807) is 17.2 Å². The van der Waals surface area contributed by atoms with Crippen LogP contribution in [-0.4, -0.2) is 47.3 Å². The van der Waals surface area contributed by atoms with Gasteiger partial charge in [0, 0.05) is 29.0 Å². The standard InChI is InChI=1S/C24H32N10/c1-15(2)18-9-8-16(10-20(18)34-14-27-32-33-34)29-22-26-13-19(25-7)21(30-22)28-17-11-23(3,4)31-24(5,6)12-17/h8-10,13-15,17,31H,11-12H2,1-6H3,(H2,26,28,29,30). The van der Waals surface area contributed by atoms with Gasteiger partial charge in [-0.05, 0) is 74.6 Å². The van der Waals surface area contributed by atoms with Crippen LogP contribution < -0.4 is 16.0 Å².